The number of thiophene rings is 1. The van der Waals surface area contributed by atoms with Crippen molar-refractivity contribution in [3.05, 3.63) is 55.0 Å². The van der Waals surface area contributed by atoms with Crippen LogP contribution in [0.2, 0.25) is 0 Å². The number of fused-ring (bicyclic) bond motifs is 9. The van der Waals surface area contributed by atoms with Gasteiger partial charge in [0.2, 0.25) is 5.91 Å². The summed E-state index contributed by atoms with van der Waals surface area (Å²) >= 11 is 1.45. The van der Waals surface area contributed by atoms with Crippen molar-refractivity contribution >= 4 is 81.7 Å². The Balaban J connectivity index is 1.81. The molecule has 176 valence electrons. The van der Waals surface area contributed by atoms with Crippen LogP contribution in [0.15, 0.2) is 49.2 Å². The smallest absolute Gasteiger partial charge is 0.234 e. The molecule has 0 unspecified atom stereocenters. The van der Waals surface area contributed by atoms with Crippen LogP contribution in [-0.4, -0.2) is 45.6 Å². The van der Waals surface area contributed by atoms with Gasteiger partial charge < -0.3 is 4.98 Å². The van der Waals surface area contributed by atoms with Crippen molar-refractivity contribution < 1.29 is 9.18 Å². The molecule has 0 saturated carbocycles. The van der Waals surface area contributed by atoms with Gasteiger partial charge in [-0.15, -0.1) is 11.3 Å². The maximum atomic E-state index is 16.0. The molecule has 7 aromatic rings. The van der Waals surface area contributed by atoms with Gasteiger partial charge in [0.25, 0.3) is 0 Å². The lowest BCUT2D eigenvalue weighted by Crippen LogP contribution is -2.17. The first-order valence-electron chi connectivity index (χ1n) is 11.3. The van der Waals surface area contributed by atoms with Gasteiger partial charge in [0, 0.05) is 33.8 Å². The summed E-state index contributed by atoms with van der Waals surface area (Å²) in [7, 11) is 0. The number of rotatable bonds is 1. The zero-order chi connectivity index (χ0) is 24.6. The molecule has 7 rings (SSSR count). The summed E-state index contributed by atoms with van der Waals surface area (Å²) in [5.74, 6) is -0.936. The first-order chi connectivity index (χ1) is 17.5. The molecular formula is C25H17FN8OS. The highest BCUT2D eigenvalue weighted by Gasteiger charge is 2.17. The van der Waals surface area contributed by atoms with Gasteiger partial charge in [-0.2, -0.15) is 5.10 Å². The molecule has 0 radical (unpaired) electrons. The number of pyridine rings is 3. The number of aromatic nitrogens is 8. The van der Waals surface area contributed by atoms with E-state index in [0.29, 0.717) is 43.4 Å². The number of hydrogen-bond acceptors (Lipinski definition) is 7. The first-order valence-corrected chi connectivity index (χ1v) is 12.1. The minimum Gasteiger partial charge on any atom is -0.335 e. The van der Waals surface area contributed by atoms with Gasteiger partial charge in [-0.05, 0) is 18.2 Å². The number of H-pyrrole nitrogens is 2. The van der Waals surface area contributed by atoms with Crippen LogP contribution in [0.1, 0.15) is 18.6 Å². The van der Waals surface area contributed by atoms with E-state index in [9.17, 15) is 4.79 Å². The van der Waals surface area contributed by atoms with Crippen molar-refractivity contribution in [3.8, 4) is 0 Å². The zero-order valence-corrected chi connectivity index (χ0v) is 19.9. The van der Waals surface area contributed by atoms with Crippen LogP contribution in [0.3, 0.4) is 0 Å². The monoisotopic (exact) mass is 496 g/mol. The number of aromatic amines is 2. The van der Waals surface area contributed by atoms with Crippen molar-refractivity contribution in [1.82, 2.24) is 39.7 Å². The number of nitrogens with zero attached hydrogens (tertiary/aromatic N) is 6. The maximum Gasteiger partial charge on any atom is 0.234 e. The number of carbonyl (C=O) groups excluding carboxylic acids is 1. The highest BCUT2D eigenvalue weighted by molar-refractivity contribution is 7.24. The molecule has 8 bridgehead atoms. The number of halogens is 1. The van der Waals surface area contributed by atoms with E-state index in [-0.39, 0.29) is 22.7 Å². The molecular weight excluding hydrogens is 479 g/mol. The van der Waals surface area contributed by atoms with E-state index in [4.69, 9.17) is 4.98 Å². The largest absolute Gasteiger partial charge is 0.335 e. The van der Waals surface area contributed by atoms with E-state index in [1.165, 1.54) is 23.7 Å². The Morgan fingerprint density at radius 1 is 1.03 bits per heavy atom. The van der Waals surface area contributed by atoms with Crippen LogP contribution in [0.25, 0.3) is 64.4 Å². The van der Waals surface area contributed by atoms with Gasteiger partial charge in [0.1, 0.15) is 21.4 Å². The summed E-state index contributed by atoms with van der Waals surface area (Å²) in [5.41, 5.74) is 3.21. The van der Waals surface area contributed by atoms with Gasteiger partial charge in [-0.1, -0.05) is 13.8 Å². The lowest BCUT2D eigenvalue weighted by atomic mass is 10.2. The summed E-state index contributed by atoms with van der Waals surface area (Å²) in [5, 5.41) is 8.71. The van der Waals surface area contributed by atoms with Crippen molar-refractivity contribution in [2.24, 2.45) is 5.92 Å². The zero-order valence-electron chi connectivity index (χ0n) is 19.1. The van der Waals surface area contributed by atoms with Crippen molar-refractivity contribution in [1.29, 1.82) is 0 Å². The van der Waals surface area contributed by atoms with Crippen LogP contribution in [0, 0.1) is 11.7 Å². The molecule has 7 aromatic heterocycles. The van der Waals surface area contributed by atoms with Gasteiger partial charge >= 0.3 is 0 Å². The highest BCUT2D eigenvalue weighted by Crippen LogP contribution is 2.31. The summed E-state index contributed by atoms with van der Waals surface area (Å²) in [4.78, 5) is 35.2. The predicted octanol–water partition coefficient (Wildman–Crippen LogP) is 5.66. The summed E-state index contributed by atoms with van der Waals surface area (Å²) in [6.07, 6.45) is 8.09. The normalized spacial score (nSPS) is 12.1. The summed E-state index contributed by atoms with van der Waals surface area (Å²) < 4.78 is 18.5. The maximum absolute atomic E-state index is 16.0. The topological polar surface area (TPSA) is 118 Å². The van der Waals surface area contributed by atoms with Crippen molar-refractivity contribution in [2.75, 3.05) is 0 Å². The Hall–Kier alpha value is -4.51. The third kappa shape index (κ3) is 2.92. The average molecular weight is 497 g/mol. The van der Waals surface area contributed by atoms with Crippen LogP contribution >= 0.6 is 11.3 Å². The van der Waals surface area contributed by atoms with E-state index in [1.54, 1.807) is 29.2 Å². The second-order valence-electron chi connectivity index (χ2n) is 8.85. The Morgan fingerprint density at radius 2 is 1.89 bits per heavy atom. The minimum atomic E-state index is -0.552. The second kappa shape index (κ2) is 7.49. The molecule has 9 nitrogen and oxygen atoms in total. The second-order valence-corrected chi connectivity index (χ2v) is 9.91. The summed E-state index contributed by atoms with van der Waals surface area (Å²) in [6, 6.07) is 5.57. The summed E-state index contributed by atoms with van der Waals surface area (Å²) in [6.45, 7) is 3.68. The Kier molecular flexibility index (Phi) is 4.33. The Morgan fingerprint density at radius 3 is 2.75 bits per heavy atom. The van der Waals surface area contributed by atoms with E-state index < -0.39 is 5.82 Å². The van der Waals surface area contributed by atoms with Crippen molar-refractivity contribution in [3.63, 3.8) is 0 Å². The molecule has 0 amide bonds. The van der Waals surface area contributed by atoms with Crippen molar-refractivity contribution in [2.45, 2.75) is 13.8 Å². The third-order valence-electron chi connectivity index (χ3n) is 6.21. The van der Waals surface area contributed by atoms with E-state index >= 15 is 4.39 Å². The molecule has 11 heteroatoms. The van der Waals surface area contributed by atoms with Gasteiger partial charge in [0.05, 0.1) is 40.5 Å². The fraction of sp³-hybridized carbons (Fsp3) is 0.120. The number of carbonyl (C=O) groups is 1. The van der Waals surface area contributed by atoms with Crippen LogP contribution < -0.4 is 0 Å². The molecule has 0 fully saturated rings. The van der Waals surface area contributed by atoms with Gasteiger partial charge in [-0.25, -0.2) is 9.37 Å². The number of nitrogens with one attached hydrogen (secondary N) is 2. The van der Waals surface area contributed by atoms with Crippen LogP contribution in [-0.2, 0) is 0 Å². The quantitative estimate of drug-likeness (QED) is 0.303. The Labute approximate surface area is 205 Å². The SMILES string of the molecule is CC(C)C(=O)n1c2cncc(c2)c2ncc3[nH]nc(c4nc5c(cncc5c5ccc1s5)[nH]4)c3c2F. The van der Waals surface area contributed by atoms with Gasteiger partial charge in [-0.3, -0.25) is 29.4 Å². The molecule has 2 N–H and O–H groups in total. The van der Waals surface area contributed by atoms with E-state index in [1.807, 2.05) is 26.0 Å². The molecule has 0 aromatic carbocycles. The van der Waals surface area contributed by atoms with Gasteiger partial charge in [0.15, 0.2) is 11.5 Å². The number of imidazole rings is 1. The highest BCUT2D eigenvalue weighted by atomic mass is 32.1. The molecule has 36 heavy (non-hydrogen) atoms. The fourth-order valence-corrected chi connectivity index (χ4v) is 5.51. The molecule has 0 spiro atoms. The van der Waals surface area contributed by atoms with Crippen LogP contribution in [0.4, 0.5) is 4.39 Å². The molecule has 0 saturated heterocycles. The molecule has 0 aliphatic carbocycles. The minimum absolute atomic E-state index is 0.106. The Bertz CT molecular complexity index is 2080. The molecule has 0 atom stereocenters. The number of hydrogen-bond donors (Lipinski definition) is 2. The molecule has 7 heterocycles. The van der Waals surface area contributed by atoms with E-state index in [0.717, 1.165) is 10.1 Å². The van der Waals surface area contributed by atoms with Crippen LogP contribution in [0.5, 0.6) is 0 Å². The standard InChI is InChI=1S/C25H17FN8OS/c1-11(2)25(35)34-13-5-12(6-27-7-13)21-20(26)19-15(10-29-21)32-33-23(19)24-30-16-9-28-8-14(22(16)31-24)17-3-4-18(34)36-17/h3-11H,1-2H3,(H,30,31)(H,32,33). The van der Waals surface area contributed by atoms with E-state index in [2.05, 4.69) is 30.1 Å². The lowest BCUT2D eigenvalue weighted by Gasteiger charge is -2.10. The fourth-order valence-electron chi connectivity index (χ4n) is 4.47. The third-order valence-corrected chi connectivity index (χ3v) is 7.31. The average Bonchev–Trinajstić information content (AvgIpc) is 3.62. The first kappa shape index (κ1) is 20.8. The molecule has 0 aliphatic rings. The predicted molar refractivity (Wildman–Crippen MR) is 138 cm³/mol. The lowest BCUT2D eigenvalue weighted by molar-refractivity contribution is 0.0865. The molecule has 0 aliphatic heterocycles.